The van der Waals surface area contributed by atoms with E-state index in [9.17, 15) is 13.2 Å². The maximum atomic E-state index is 12.0. The van der Waals surface area contributed by atoms with Crippen molar-refractivity contribution in [2.45, 2.75) is 25.4 Å². The van der Waals surface area contributed by atoms with Gasteiger partial charge in [0.15, 0.2) is 9.84 Å². The zero-order valence-electron chi connectivity index (χ0n) is 11.9. The maximum absolute atomic E-state index is 12.0. The molecule has 1 saturated heterocycles. The number of fused-ring (bicyclic) bond motifs is 1. The number of sulfone groups is 1. The van der Waals surface area contributed by atoms with Crippen molar-refractivity contribution in [1.82, 2.24) is 10.2 Å². The van der Waals surface area contributed by atoms with Crippen LogP contribution in [0.5, 0.6) is 0 Å². The lowest BCUT2D eigenvalue weighted by molar-refractivity contribution is -0.123. The molecule has 0 bridgehead atoms. The summed E-state index contributed by atoms with van der Waals surface area (Å²) in [5.74, 6) is 0.202. The zero-order chi connectivity index (χ0) is 14.9. The molecule has 0 radical (unpaired) electrons. The molecule has 114 valence electrons. The molecule has 1 N–H and O–H groups in total. The molecule has 0 spiro atoms. The molecule has 1 fully saturated rings. The van der Waals surface area contributed by atoms with Gasteiger partial charge < -0.3 is 5.32 Å². The van der Waals surface area contributed by atoms with Gasteiger partial charge in [-0.05, 0) is 24.0 Å². The molecular weight excluding hydrogens is 288 g/mol. The van der Waals surface area contributed by atoms with Crippen LogP contribution in [-0.2, 0) is 27.6 Å². The van der Waals surface area contributed by atoms with Gasteiger partial charge in [0.05, 0.1) is 18.1 Å². The molecule has 1 aromatic rings. The summed E-state index contributed by atoms with van der Waals surface area (Å²) in [5, 5.41) is 2.85. The summed E-state index contributed by atoms with van der Waals surface area (Å²) < 4.78 is 22.8. The largest absolute Gasteiger partial charge is 0.351 e. The van der Waals surface area contributed by atoms with E-state index in [1.807, 2.05) is 12.1 Å². The second kappa shape index (κ2) is 5.77. The SMILES string of the molecule is O=C(CN1CCc2ccccc2C1)NC1CCS(=O)(=O)C1. The van der Waals surface area contributed by atoms with E-state index in [4.69, 9.17) is 0 Å². The zero-order valence-corrected chi connectivity index (χ0v) is 12.7. The van der Waals surface area contributed by atoms with Crippen molar-refractivity contribution in [1.29, 1.82) is 0 Å². The predicted octanol–water partition coefficient (Wildman–Crippen LogP) is 0.348. The third-order valence-electron chi connectivity index (χ3n) is 4.17. The minimum absolute atomic E-state index is 0.0727. The van der Waals surface area contributed by atoms with Crippen LogP contribution < -0.4 is 5.32 Å². The first-order valence-corrected chi connectivity index (χ1v) is 9.13. The van der Waals surface area contributed by atoms with Gasteiger partial charge in [0.2, 0.25) is 5.91 Å². The van der Waals surface area contributed by atoms with Gasteiger partial charge >= 0.3 is 0 Å². The van der Waals surface area contributed by atoms with Gasteiger partial charge in [0, 0.05) is 19.1 Å². The number of carbonyl (C=O) groups is 1. The van der Waals surface area contributed by atoms with Crippen LogP contribution in [0.2, 0.25) is 0 Å². The van der Waals surface area contributed by atoms with Crippen molar-refractivity contribution in [3.8, 4) is 0 Å². The molecule has 2 aliphatic rings. The lowest BCUT2D eigenvalue weighted by Crippen LogP contribution is -2.44. The first-order valence-electron chi connectivity index (χ1n) is 7.31. The molecule has 2 aliphatic heterocycles. The molecule has 6 heteroatoms. The van der Waals surface area contributed by atoms with Gasteiger partial charge in [-0.2, -0.15) is 0 Å². The summed E-state index contributed by atoms with van der Waals surface area (Å²) in [6.45, 7) is 1.99. The highest BCUT2D eigenvalue weighted by Crippen LogP contribution is 2.18. The van der Waals surface area contributed by atoms with Crippen molar-refractivity contribution in [2.24, 2.45) is 0 Å². The van der Waals surface area contributed by atoms with Crippen molar-refractivity contribution < 1.29 is 13.2 Å². The summed E-state index contributed by atoms with van der Waals surface area (Å²) in [4.78, 5) is 14.2. The highest BCUT2D eigenvalue weighted by atomic mass is 32.2. The van der Waals surface area contributed by atoms with E-state index in [0.717, 1.165) is 19.5 Å². The van der Waals surface area contributed by atoms with Crippen LogP contribution in [0.15, 0.2) is 24.3 Å². The van der Waals surface area contributed by atoms with E-state index in [1.165, 1.54) is 11.1 Å². The van der Waals surface area contributed by atoms with Crippen LogP contribution in [0.1, 0.15) is 17.5 Å². The average molecular weight is 308 g/mol. The number of amides is 1. The Balaban J connectivity index is 1.52. The second-order valence-electron chi connectivity index (χ2n) is 5.90. The van der Waals surface area contributed by atoms with Crippen LogP contribution >= 0.6 is 0 Å². The van der Waals surface area contributed by atoms with Crippen LogP contribution in [0.4, 0.5) is 0 Å². The number of carbonyl (C=O) groups excluding carboxylic acids is 1. The Kier molecular flexibility index (Phi) is 3.99. The van der Waals surface area contributed by atoms with Crippen molar-refractivity contribution >= 4 is 15.7 Å². The molecule has 21 heavy (non-hydrogen) atoms. The minimum atomic E-state index is -2.94. The summed E-state index contributed by atoms with van der Waals surface area (Å²) in [7, 11) is -2.94. The summed E-state index contributed by atoms with van der Waals surface area (Å²) in [6, 6.07) is 8.09. The molecule has 1 amide bonds. The number of nitrogens with one attached hydrogen (secondary N) is 1. The van der Waals surface area contributed by atoms with Crippen molar-refractivity contribution in [2.75, 3.05) is 24.6 Å². The molecule has 3 rings (SSSR count). The normalized spacial score (nSPS) is 24.5. The molecule has 0 saturated carbocycles. The van der Waals surface area contributed by atoms with Gasteiger partial charge in [-0.15, -0.1) is 0 Å². The fraction of sp³-hybridized carbons (Fsp3) is 0.533. The van der Waals surface area contributed by atoms with Crippen LogP contribution in [0, 0.1) is 0 Å². The average Bonchev–Trinajstić information content (AvgIpc) is 2.77. The van der Waals surface area contributed by atoms with E-state index < -0.39 is 9.84 Å². The molecule has 1 atom stereocenters. The first kappa shape index (κ1) is 14.5. The number of hydrogen-bond acceptors (Lipinski definition) is 4. The Hall–Kier alpha value is -1.40. The molecular formula is C15H20N2O3S. The van der Waals surface area contributed by atoms with Gasteiger partial charge in [-0.25, -0.2) is 8.42 Å². The Morgan fingerprint density at radius 3 is 2.76 bits per heavy atom. The van der Waals surface area contributed by atoms with Crippen molar-refractivity contribution in [3.63, 3.8) is 0 Å². The van der Waals surface area contributed by atoms with E-state index in [0.29, 0.717) is 13.0 Å². The minimum Gasteiger partial charge on any atom is -0.351 e. The standard InChI is InChI=1S/C15H20N2O3S/c18-15(16-14-6-8-21(19,20)11-14)10-17-7-5-12-3-1-2-4-13(12)9-17/h1-4,14H,5-11H2,(H,16,18). The van der Waals surface area contributed by atoms with E-state index in [-0.39, 0.29) is 23.5 Å². The lowest BCUT2D eigenvalue weighted by Gasteiger charge is -2.28. The van der Waals surface area contributed by atoms with Crippen LogP contribution in [0.25, 0.3) is 0 Å². The Labute approximate surface area is 125 Å². The molecule has 0 aromatic heterocycles. The third-order valence-corrected chi connectivity index (χ3v) is 5.94. The molecule has 5 nitrogen and oxygen atoms in total. The Morgan fingerprint density at radius 1 is 1.29 bits per heavy atom. The topological polar surface area (TPSA) is 66.5 Å². The Morgan fingerprint density at radius 2 is 2.05 bits per heavy atom. The van der Waals surface area contributed by atoms with Crippen LogP contribution in [-0.4, -0.2) is 49.9 Å². The van der Waals surface area contributed by atoms with Gasteiger partial charge in [-0.3, -0.25) is 9.69 Å². The molecule has 1 unspecified atom stereocenters. The molecule has 2 heterocycles. The van der Waals surface area contributed by atoms with Gasteiger partial charge in [0.25, 0.3) is 0 Å². The van der Waals surface area contributed by atoms with Crippen LogP contribution in [0.3, 0.4) is 0 Å². The fourth-order valence-corrected chi connectivity index (χ4v) is 4.75. The summed E-state index contributed by atoms with van der Waals surface area (Å²) in [5.41, 5.74) is 2.64. The van der Waals surface area contributed by atoms with E-state index >= 15 is 0 Å². The quantitative estimate of drug-likeness (QED) is 0.875. The Bertz CT molecular complexity index is 642. The van der Waals surface area contributed by atoms with E-state index in [2.05, 4.69) is 22.3 Å². The highest BCUT2D eigenvalue weighted by Gasteiger charge is 2.29. The lowest BCUT2D eigenvalue weighted by atomic mass is 10.00. The molecule has 1 aromatic carbocycles. The maximum Gasteiger partial charge on any atom is 0.234 e. The first-order chi connectivity index (χ1) is 10.0. The number of rotatable bonds is 3. The monoisotopic (exact) mass is 308 g/mol. The second-order valence-corrected chi connectivity index (χ2v) is 8.13. The highest BCUT2D eigenvalue weighted by molar-refractivity contribution is 7.91. The molecule has 0 aliphatic carbocycles. The number of benzene rings is 1. The smallest absolute Gasteiger partial charge is 0.234 e. The predicted molar refractivity (Wildman–Crippen MR) is 80.6 cm³/mol. The summed E-state index contributed by atoms with van der Waals surface area (Å²) >= 11 is 0. The number of hydrogen-bond donors (Lipinski definition) is 1. The summed E-state index contributed by atoms with van der Waals surface area (Å²) in [6.07, 6.45) is 1.50. The fourth-order valence-electron chi connectivity index (χ4n) is 3.07. The van der Waals surface area contributed by atoms with Gasteiger partial charge in [-0.1, -0.05) is 24.3 Å². The van der Waals surface area contributed by atoms with Gasteiger partial charge in [0.1, 0.15) is 0 Å². The number of nitrogens with zero attached hydrogens (tertiary/aromatic N) is 1. The van der Waals surface area contributed by atoms with Crippen molar-refractivity contribution in [3.05, 3.63) is 35.4 Å². The van der Waals surface area contributed by atoms with E-state index in [1.54, 1.807) is 0 Å². The third kappa shape index (κ3) is 3.63.